The molecule has 11 heavy (non-hydrogen) atoms. The molecular weight excluding hydrogens is 236 g/mol. The van der Waals surface area contributed by atoms with E-state index < -0.39 is 5.82 Å². The Labute approximate surface area is 75.8 Å². The maximum absolute atomic E-state index is 12.9. The summed E-state index contributed by atoms with van der Waals surface area (Å²) in [6.45, 7) is 0. The maximum atomic E-state index is 12.9. The molecule has 6 heteroatoms. The summed E-state index contributed by atoms with van der Waals surface area (Å²) in [6, 6.07) is 0. The predicted molar refractivity (Wildman–Crippen MR) is 43.9 cm³/mol. The summed E-state index contributed by atoms with van der Waals surface area (Å²) in [6.07, 6.45) is 1.31. The van der Waals surface area contributed by atoms with Gasteiger partial charge in [-0.1, -0.05) is 16.3 Å². The lowest BCUT2D eigenvalue weighted by Gasteiger charge is -1.97. The van der Waals surface area contributed by atoms with Crippen molar-refractivity contribution in [1.29, 1.82) is 0 Å². The Balaban J connectivity index is 3.46. The van der Waals surface area contributed by atoms with Gasteiger partial charge in [-0.2, -0.15) is 4.39 Å². The summed E-state index contributed by atoms with van der Waals surface area (Å²) >= 11 is 8.39. The van der Waals surface area contributed by atoms with E-state index in [1.165, 1.54) is 6.20 Å². The highest BCUT2D eigenvalue weighted by Crippen LogP contribution is 2.23. The summed E-state index contributed by atoms with van der Waals surface area (Å²) in [5, 5.41) is 0.0909. The highest BCUT2D eigenvalue weighted by molar-refractivity contribution is 9.10. The van der Waals surface area contributed by atoms with Crippen LogP contribution in [-0.2, 0) is 0 Å². The van der Waals surface area contributed by atoms with Crippen LogP contribution in [0.2, 0.25) is 5.02 Å². The summed E-state index contributed by atoms with van der Waals surface area (Å²) in [4.78, 5) is 0. The molecule has 0 radical (unpaired) electrons. The van der Waals surface area contributed by atoms with E-state index in [9.17, 15) is 4.39 Å². The van der Waals surface area contributed by atoms with E-state index in [-0.39, 0.29) is 15.3 Å². The van der Waals surface area contributed by atoms with Gasteiger partial charge < -0.3 is 5.73 Å². The highest BCUT2D eigenvalue weighted by atomic mass is 79.9. The van der Waals surface area contributed by atoms with Crippen LogP contribution in [0.5, 0.6) is 0 Å². The van der Waals surface area contributed by atoms with E-state index >= 15 is 0 Å². The van der Waals surface area contributed by atoms with Gasteiger partial charge in [0.25, 0.3) is 0 Å². The van der Waals surface area contributed by atoms with Gasteiger partial charge in [0.15, 0.2) is 0 Å². The summed E-state index contributed by atoms with van der Waals surface area (Å²) in [5.74, 6) is 4.63. The van der Waals surface area contributed by atoms with Gasteiger partial charge in [0, 0.05) is 15.9 Å². The van der Waals surface area contributed by atoms with Gasteiger partial charge in [0.05, 0.1) is 0 Å². The van der Waals surface area contributed by atoms with E-state index in [1.807, 2.05) is 0 Å². The van der Waals surface area contributed by atoms with Crippen molar-refractivity contribution in [2.24, 2.45) is 0 Å². The number of nitrogen functional groups attached to an aromatic ring is 2. The molecule has 0 aliphatic rings. The van der Waals surface area contributed by atoms with Crippen LogP contribution in [0.3, 0.4) is 0 Å². The quantitative estimate of drug-likeness (QED) is 0.401. The first-order chi connectivity index (χ1) is 5.04. The van der Waals surface area contributed by atoms with Gasteiger partial charge in [-0.3, -0.25) is 0 Å². The molecule has 1 aromatic rings. The van der Waals surface area contributed by atoms with Crippen molar-refractivity contribution < 1.29 is 9.07 Å². The monoisotopic (exact) mass is 240 g/mol. The van der Waals surface area contributed by atoms with Crippen LogP contribution in [0.1, 0.15) is 0 Å². The fraction of sp³-hybridized carbons (Fsp3) is 0. The van der Waals surface area contributed by atoms with Crippen LogP contribution in [-0.4, -0.2) is 0 Å². The number of nitrogens with zero attached hydrogens (tertiary/aromatic N) is 1. The molecule has 3 nitrogen and oxygen atoms in total. The van der Waals surface area contributed by atoms with Crippen molar-refractivity contribution in [3.8, 4) is 0 Å². The average Bonchev–Trinajstić information content (AvgIpc) is 1.97. The first kappa shape index (κ1) is 8.55. The van der Waals surface area contributed by atoms with Gasteiger partial charge >= 0.3 is 4.60 Å². The van der Waals surface area contributed by atoms with E-state index in [2.05, 4.69) is 15.9 Å². The van der Waals surface area contributed by atoms with Gasteiger partial charge in [-0.05, 0) is 0 Å². The molecule has 0 atom stereocenters. The third kappa shape index (κ3) is 1.39. The Morgan fingerprint density at radius 1 is 1.64 bits per heavy atom. The zero-order chi connectivity index (χ0) is 8.59. The Bertz CT molecular complexity index is 278. The molecule has 0 aromatic carbocycles. The number of hydrogen-bond donors (Lipinski definition) is 2. The van der Waals surface area contributed by atoms with Crippen LogP contribution in [0.15, 0.2) is 10.8 Å². The highest BCUT2D eigenvalue weighted by Gasteiger charge is 2.18. The zero-order valence-electron chi connectivity index (χ0n) is 5.31. The zero-order valence-corrected chi connectivity index (χ0v) is 7.66. The third-order valence-corrected chi connectivity index (χ3v) is 2.21. The fourth-order valence-electron chi connectivity index (χ4n) is 0.578. The van der Waals surface area contributed by atoms with Crippen molar-refractivity contribution in [3.05, 3.63) is 21.6 Å². The molecule has 0 spiro atoms. The summed E-state index contributed by atoms with van der Waals surface area (Å²) in [5.41, 5.74) is 5.13. The number of pyridine rings is 1. The van der Waals surface area contributed by atoms with Crippen LogP contribution < -0.4 is 16.3 Å². The third-order valence-electron chi connectivity index (χ3n) is 1.15. The minimum Gasteiger partial charge on any atom is -0.395 e. The molecule has 0 aliphatic heterocycles. The van der Waals surface area contributed by atoms with Crippen molar-refractivity contribution in [2.45, 2.75) is 0 Å². The topological polar surface area (TPSA) is 55.9 Å². The molecule has 0 amide bonds. The lowest BCUT2D eigenvalue weighted by atomic mass is 10.4. The number of nitrogens with two attached hydrogens (primary N) is 2. The average molecular weight is 241 g/mol. The number of rotatable bonds is 0. The molecule has 60 valence electrons. The molecule has 4 N–H and O–H groups in total. The second kappa shape index (κ2) is 2.83. The number of hydrogen-bond acceptors (Lipinski definition) is 2. The van der Waals surface area contributed by atoms with Crippen molar-refractivity contribution >= 4 is 33.2 Å². The Kier molecular flexibility index (Phi) is 2.20. The lowest BCUT2D eigenvalue weighted by molar-refractivity contribution is -0.651. The van der Waals surface area contributed by atoms with Gasteiger partial charge in [-0.25, -0.2) is 5.84 Å². The molecule has 0 saturated heterocycles. The summed E-state index contributed by atoms with van der Waals surface area (Å²) in [7, 11) is 0. The molecular formula is C5H5BrClFN3+. The largest absolute Gasteiger partial charge is 0.395 e. The molecule has 0 bridgehead atoms. The van der Waals surface area contributed by atoms with E-state index in [4.69, 9.17) is 23.2 Å². The molecule has 1 aromatic heterocycles. The second-order valence-corrected chi connectivity index (χ2v) is 3.06. The lowest BCUT2D eigenvalue weighted by Crippen LogP contribution is -2.46. The minimum absolute atomic E-state index is 0.0689. The fourth-order valence-corrected chi connectivity index (χ4v) is 1.08. The van der Waals surface area contributed by atoms with Crippen molar-refractivity contribution in [1.82, 2.24) is 0 Å². The normalized spacial score (nSPS) is 10.1. The van der Waals surface area contributed by atoms with Crippen molar-refractivity contribution in [2.75, 3.05) is 11.6 Å². The maximum Gasteiger partial charge on any atom is 0.314 e. The molecule has 0 saturated carbocycles. The standard InChI is InChI=1S/C5H4BrClFN3/c6-5-3(8)4(9)2(7)1-11(5)10/h1,9H,10H2/p+1. The molecule has 1 rings (SSSR count). The summed E-state index contributed by atoms with van der Waals surface area (Å²) < 4.78 is 14.0. The predicted octanol–water partition coefficient (Wildman–Crippen LogP) is 0.825. The van der Waals surface area contributed by atoms with Gasteiger partial charge in [-0.15, -0.1) is 0 Å². The molecule has 0 aliphatic carbocycles. The van der Waals surface area contributed by atoms with Gasteiger partial charge in [0.2, 0.25) is 12.0 Å². The molecule has 0 fully saturated rings. The Hall–Kier alpha value is -0.550. The number of aromatic nitrogens is 1. The van der Waals surface area contributed by atoms with Gasteiger partial charge in [0.1, 0.15) is 10.7 Å². The van der Waals surface area contributed by atoms with Crippen LogP contribution in [0.25, 0.3) is 0 Å². The van der Waals surface area contributed by atoms with E-state index in [0.717, 1.165) is 4.68 Å². The van der Waals surface area contributed by atoms with Crippen LogP contribution in [0.4, 0.5) is 10.1 Å². The molecule has 0 unspecified atom stereocenters. The van der Waals surface area contributed by atoms with Crippen molar-refractivity contribution in [3.63, 3.8) is 0 Å². The second-order valence-electron chi connectivity index (χ2n) is 1.90. The first-order valence-electron chi connectivity index (χ1n) is 2.63. The van der Waals surface area contributed by atoms with E-state index in [1.54, 1.807) is 0 Å². The number of anilines is 1. The smallest absolute Gasteiger partial charge is 0.314 e. The first-order valence-corrected chi connectivity index (χ1v) is 3.81. The molecule has 1 heterocycles. The van der Waals surface area contributed by atoms with E-state index in [0.29, 0.717) is 0 Å². The Morgan fingerprint density at radius 2 is 2.18 bits per heavy atom. The minimum atomic E-state index is -0.653. The van der Waals surface area contributed by atoms with Crippen LogP contribution >= 0.6 is 27.5 Å². The SMILES string of the molecule is Nc1c(Cl)c[n+](N)c(Br)c1F. The Morgan fingerprint density at radius 3 is 2.73 bits per heavy atom. The van der Waals surface area contributed by atoms with Crippen LogP contribution in [0, 0.1) is 5.82 Å². The number of halogens is 3.